The maximum absolute atomic E-state index is 12.1. The molecule has 0 atom stereocenters. The van der Waals surface area contributed by atoms with Crippen LogP contribution in [0.3, 0.4) is 0 Å². The van der Waals surface area contributed by atoms with Gasteiger partial charge < -0.3 is 20.5 Å². The van der Waals surface area contributed by atoms with Gasteiger partial charge in [0.25, 0.3) is 0 Å². The van der Waals surface area contributed by atoms with E-state index >= 15 is 0 Å². The number of nitrogens with one attached hydrogen (secondary N) is 2. The molecule has 0 heterocycles. The Morgan fingerprint density at radius 3 is 2.20 bits per heavy atom. The Labute approximate surface area is 174 Å². The Hall–Kier alpha value is -3.61. The normalized spacial score (nSPS) is 12.6. The van der Waals surface area contributed by atoms with Crippen molar-refractivity contribution >= 4 is 18.0 Å². The predicted molar refractivity (Wildman–Crippen MR) is 112 cm³/mol. The van der Waals surface area contributed by atoms with E-state index in [0.717, 1.165) is 22.3 Å². The van der Waals surface area contributed by atoms with Crippen LogP contribution in [0, 0.1) is 0 Å². The number of hydrogen-bond acceptors (Lipinski definition) is 4. The van der Waals surface area contributed by atoms with Gasteiger partial charge in [-0.1, -0.05) is 54.6 Å². The van der Waals surface area contributed by atoms with Gasteiger partial charge in [-0.05, 0) is 29.2 Å². The molecule has 2 amide bonds. The summed E-state index contributed by atoms with van der Waals surface area (Å²) in [5.74, 6) is -1.36. The van der Waals surface area contributed by atoms with E-state index in [2.05, 4.69) is 34.9 Å². The Kier molecular flexibility index (Phi) is 6.85. The number of carbonyl (C=O) groups excluding carboxylic acids is 2. The number of ether oxygens (including phenoxy) is 1. The predicted octanol–water partition coefficient (Wildman–Crippen LogP) is 3.06. The Bertz CT molecular complexity index is 938. The zero-order valence-electron chi connectivity index (χ0n) is 16.7. The SMILES string of the molecule is C/C(=C\CNC(=O)OCC1c2ccccc2-c2ccccc21)C(=O)NCCC(=O)O. The van der Waals surface area contributed by atoms with Gasteiger partial charge in [0.15, 0.2) is 0 Å². The van der Waals surface area contributed by atoms with Crippen LogP contribution >= 0.6 is 0 Å². The van der Waals surface area contributed by atoms with Gasteiger partial charge >= 0.3 is 12.1 Å². The first-order chi connectivity index (χ1) is 14.5. The highest BCUT2D eigenvalue weighted by atomic mass is 16.5. The molecule has 3 rings (SSSR count). The molecule has 30 heavy (non-hydrogen) atoms. The van der Waals surface area contributed by atoms with Gasteiger partial charge in [0, 0.05) is 24.6 Å². The molecule has 0 aliphatic heterocycles. The largest absolute Gasteiger partial charge is 0.481 e. The second kappa shape index (κ2) is 9.73. The van der Waals surface area contributed by atoms with Crippen LogP contribution in [0.1, 0.15) is 30.4 Å². The van der Waals surface area contributed by atoms with E-state index < -0.39 is 12.1 Å². The smallest absolute Gasteiger partial charge is 0.407 e. The minimum absolute atomic E-state index is 0.0135. The molecule has 2 aromatic rings. The lowest BCUT2D eigenvalue weighted by molar-refractivity contribution is -0.136. The molecule has 0 fully saturated rings. The van der Waals surface area contributed by atoms with E-state index in [1.54, 1.807) is 13.0 Å². The van der Waals surface area contributed by atoms with Gasteiger partial charge in [0.1, 0.15) is 6.61 Å². The number of alkyl carbamates (subject to hydrolysis) is 1. The highest BCUT2D eigenvalue weighted by Crippen LogP contribution is 2.44. The van der Waals surface area contributed by atoms with E-state index in [1.807, 2.05) is 24.3 Å². The first-order valence-electron chi connectivity index (χ1n) is 9.73. The first kappa shape index (κ1) is 21.1. The molecule has 156 valence electrons. The van der Waals surface area contributed by atoms with Crippen molar-refractivity contribution in [2.24, 2.45) is 0 Å². The number of aliphatic carboxylic acids is 1. The van der Waals surface area contributed by atoms with Crippen LogP contribution in [0.25, 0.3) is 11.1 Å². The second-order valence-electron chi connectivity index (χ2n) is 6.99. The third kappa shape index (κ3) is 5.05. The van der Waals surface area contributed by atoms with Crippen molar-refractivity contribution in [3.63, 3.8) is 0 Å². The molecule has 7 heteroatoms. The number of fused-ring (bicyclic) bond motifs is 3. The molecule has 0 radical (unpaired) electrons. The van der Waals surface area contributed by atoms with E-state index in [4.69, 9.17) is 9.84 Å². The summed E-state index contributed by atoms with van der Waals surface area (Å²) in [7, 11) is 0. The molecule has 0 saturated heterocycles. The average molecular weight is 408 g/mol. The maximum Gasteiger partial charge on any atom is 0.407 e. The summed E-state index contributed by atoms with van der Waals surface area (Å²) in [5, 5.41) is 13.7. The molecule has 0 aromatic heterocycles. The van der Waals surface area contributed by atoms with Gasteiger partial charge in [0.05, 0.1) is 6.42 Å². The zero-order valence-corrected chi connectivity index (χ0v) is 16.7. The highest BCUT2D eigenvalue weighted by molar-refractivity contribution is 5.93. The molecular weight excluding hydrogens is 384 g/mol. The van der Waals surface area contributed by atoms with Crippen molar-refractivity contribution in [2.75, 3.05) is 19.7 Å². The lowest BCUT2D eigenvalue weighted by Gasteiger charge is -2.14. The minimum atomic E-state index is -0.978. The summed E-state index contributed by atoms with van der Waals surface area (Å²) < 4.78 is 5.43. The molecule has 3 N–H and O–H groups in total. The third-order valence-corrected chi connectivity index (χ3v) is 4.98. The van der Waals surface area contributed by atoms with Crippen molar-refractivity contribution in [2.45, 2.75) is 19.3 Å². The van der Waals surface area contributed by atoms with Crippen LogP contribution in [0.15, 0.2) is 60.2 Å². The summed E-state index contributed by atoms with van der Waals surface area (Å²) in [6, 6.07) is 16.2. The lowest BCUT2D eigenvalue weighted by Crippen LogP contribution is -2.29. The topological polar surface area (TPSA) is 105 Å². The van der Waals surface area contributed by atoms with Crippen LogP contribution in [-0.2, 0) is 14.3 Å². The number of rotatable bonds is 8. The molecule has 0 bridgehead atoms. The van der Waals surface area contributed by atoms with Gasteiger partial charge in [-0.15, -0.1) is 0 Å². The summed E-state index contributed by atoms with van der Waals surface area (Å²) in [6.45, 7) is 2.00. The van der Waals surface area contributed by atoms with Crippen molar-refractivity contribution in [1.82, 2.24) is 10.6 Å². The first-order valence-corrected chi connectivity index (χ1v) is 9.73. The maximum atomic E-state index is 12.1. The van der Waals surface area contributed by atoms with Crippen molar-refractivity contribution in [3.05, 3.63) is 71.3 Å². The number of carboxylic acid groups (broad SMARTS) is 1. The van der Waals surface area contributed by atoms with Crippen LogP contribution in [0.5, 0.6) is 0 Å². The van der Waals surface area contributed by atoms with Crippen LogP contribution < -0.4 is 10.6 Å². The zero-order chi connectivity index (χ0) is 21.5. The number of hydrogen-bond donors (Lipinski definition) is 3. The van der Waals surface area contributed by atoms with Crippen molar-refractivity contribution < 1.29 is 24.2 Å². The summed E-state index contributed by atoms with van der Waals surface area (Å²) in [6.07, 6.45) is 0.848. The quantitative estimate of drug-likeness (QED) is 0.583. The van der Waals surface area contributed by atoms with Crippen molar-refractivity contribution in [1.29, 1.82) is 0 Å². The Morgan fingerprint density at radius 1 is 1.00 bits per heavy atom. The van der Waals surface area contributed by atoms with Gasteiger partial charge in [-0.2, -0.15) is 0 Å². The molecule has 0 unspecified atom stereocenters. The van der Waals surface area contributed by atoms with Crippen LogP contribution in [0.2, 0.25) is 0 Å². The van der Waals surface area contributed by atoms with Gasteiger partial charge in [-0.25, -0.2) is 4.79 Å². The van der Waals surface area contributed by atoms with Crippen LogP contribution in [0.4, 0.5) is 4.79 Å². The van der Waals surface area contributed by atoms with E-state index in [-0.39, 0.29) is 37.9 Å². The monoisotopic (exact) mass is 408 g/mol. The van der Waals surface area contributed by atoms with E-state index in [0.29, 0.717) is 5.57 Å². The molecule has 2 aromatic carbocycles. The average Bonchev–Trinajstić information content (AvgIpc) is 3.05. The number of benzene rings is 2. The Morgan fingerprint density at radius 2 is 1.60 bits per heavy atom. The standard InChI is InChI=1S/C23H24N2O5/c1-15(22(28)24-13-11-21(26)27)10-12-25-23(29)30-14-20-18-8-4-2-6-16(18)17-7-3-5-9-19(17)20/h2-10,20H,11-14H2,1H3,(H,24,28)(H,25,29)(H,26,27)/b15-10+. The summed E-state index contributed by atoms with van der Waals surface area (Å²) in [5.41, 5.74) is 4.99. The fourth-order valence-corrected chi connectivity index (χ4v) is 3.45. The van der Waals surface area contributed by atoms with Crippen molar-refractivity contribution in [3.8, 4) is 11.1 Å². The van der Waals surface area contributed by atoms with Gasteiger partial charge in [0.2, 0.25) is 5.91 Å². The molecule has 1 aliphatic carbocycles. The number of amides is 2. The number of carboxylic acids is 1. The molecular formula is C23H24N2O5. The lowest BCUT2D eigenvalue weighted by atomic mass is 9.98. The number of carbonyl (C=O) groups is 3. The van der Waals surface area contributed by atoms with Crippen LogP contribution in [-0.4, -0.2) is 42.8 Å². The summed E-state index contributed by atoms with van der Waals surface area (Å²) >= 11 is 0. The molecule has 0 spiro atoms. The van der Waals surface area contributed by atoms with Gasteiger partial charge in [-0.3, -0.25) is 9.59 Å². The minimum Gasteiger partial charge on any atom is -0.481 e. The fraction of sp³-hybridized carbons (Fsp3) is 0.261. The fourth-order valence-electron chi connectivity index (χ4n) is 3.45. The third-order valence-electron chi connectivity index (χ3n) is 4.98. The molecule has 1 aliphatic rings. The van der Waals surface area contributed by atoms with E-state index in [9.17, 15) is 14.4 Å². The summed E-state index contributed by atoms with van der Waals surface area (Å²) in [4.78, 5) is 34.4. The molecule has 7 nitrogen and oxygen atoms in total. The molecule has 0 saturated carbocycles. The second-order valence-corrected chi connectivity index (χ2v) is 6.99. The highest BCUT2D eigenvalue weighted by Gasteiger charge is 2.28. The Balaban J connectivity index is 1.49. The van der Waals surface area contributed by atoms with E-state index in [1.165, 1.54) is 0 Å².